The number of halogens is 2. The Hall–Kier alpha value is -1.95. The summed E-state index contributed by atoms with van der Waals surface area (Å²) in [6, 6.07) is 6.37. The first-order valence-electron chi connectivity index (χ1n) is 7.24. The highest BCUT2D eigenvalue weighted by Gasteiger charge is 2.44. The quantitative estimate of drug-likeness (QED) is 0.754. The molecule has 0 saturated heterocycles. The Kier molecular flexibility index (Phi) is 3.87. The molecule has 0 amide bonds. The topological polar surface area (TPSA) is 48.7 Å². The van der Waals surface area contributed by atoms with Crippen LogP contribution >= 0.6 is 0 Å². The van der Waals surface area contributed by atoms with Crippen molar-refractivity contribution in [3.8, 4) is 0 Å². The number of ether oxygens (including phenoxy) is 2. The first-order valence-corrected chi connectivity index (χ1v) is 7.24. The number of rotatable bonds is 6. The summed E-state index contributed by atoms with van der Waals surface area (Å²) < 4.78 is 43.4. The fourth-order valence-electron chi connectivity index (χ4n) is 2.23. The van der Waals surface area contributed by atoms with Crippen molar-refractivity contribution in [2.75, 3.05) is 13.2 Å². The standard InChI is InChI=1S/C16H16F2O4/c1-2-20-15(19)13-11-5-3-4-6-12(11)22-14(13)16(17,18)21-9-10-7-8-10/h3-6,10H,2,7-9H2,1H3. The van der Waals surface area contributed by atoms with E-state index in [2.05, 4.69) is 0 Å². The van der Waals surface area contributed by atoms with Crippen LogP contribution in [-0.4, -0.2) is 19.2 Å². The van der Waals surface area contributed by atoms with Gasteiger partial charge in [0.1, 0.15) is 11.1 Å². The molecule has 6 heteroatoms. The third kappa shape index (κ3) is 2.83. The van der Waals surface area contributed by atoms with E-state index in [1.165, 1.54) is 6.07 Å². The number of benzene rings is 1. The summed E-state index contributed by atoms with van der Waals surface area (Å²) in [6.45, 7) is 1.65. The number of hydrogen-bond acceptors (Lipinski definition) is 4. The van der Waals surface area contributed by atoms with Crippen LogP contribution in [0.25, 0.3) is 11.0 Å². The second kappa shape index (κ2) is 5.68. The minimum absolute atomic E-state index is 0.0493. The second-order valence-corrected chi connectivity index (χ2v) is 5.29. The molecule has 2 aromatic rings. The van der Waals surface area contributed by atoms with Gasteiger partial charge in [-0.1, -0.05) is 18.2 Å². The van der Waals surface area contributed by atoms with E-state index in [-0.39, 0.29) is 30.3 Å². The average molecular weight is 310 g/mol. The van der Waals surface area contributed by atoms with Crippen LogP contribution in [0.3, 0.4) is 0 Å². The molecule has 1 aliphatic rings. The van der Waals surface area contributed by atoms with E-state index in [1.54, 1.807) is 25.1 Å². The molecule has 0 unspecified atom stereocenters. The van der Waals surface area contributed by atoms with Crippen LogP contribution in [0.5, 0.6) is 0 Å². The third-order valence-corrected chi connectivity index (χ3v) is 3.54. The van der Waals surface area contributed by atoms with Crippen molar-refractivity contribution in [1.82, 2.24) is 0 Å². The van der Waals surface area contributed by atoms with Crippen LogP contribution in [0.15, 0.2) is 28.7 Å². The summed E-state index contributed by atoms with van der Waals surface area (Å²) in [7, 11) is 0. The van der Waals surface area contributed by atoms with E-state index < -0.39 is 17.8 Å². The highest BCUT2D eigenvalue weighted by molar-refractivity contribution is 6.04. The third-order valence-electron chi connectivity index (χ3n) is 3.54. The van der Waals surface area contributed by atoms with E-state index in [0.717, 1.165) is 12.8 Å². The number of carbonyl (C=O) groups excluding carboxylic acids is 1. The summed E-state index contributed by atoms with van der Waals surface area (Å²) in [6.07, 6.45) is -1.88. The molecule has 1 aliphatic carbocycles. The Labute approximate surface area is 126 Å². The van der Waals surface area contributed by atoms with Gasteiger partial charge >= 0.3 is 12.1 Å². The van der Waals surface area contributed by atoms with Gasteiger partial charge in [0.15, 0.2) is 0 Å². The van der Waals surface area contributed by atoms with Crippen LogP contribution in [0, 0.1) is 5.92 Å². The van der Waals surface area contributed by atoms with Gasteiger partial charge in [0.2, 0.25) is 5.76 Å². The molecule has 1 aromatic heterocycles. The summed E-state index contributed by atoms with van der Waals surface area (Å²) in [5, 5.41) is 0.297. The fourth-order valence-corrected chi connectivity index (χ4v) is 2.23. The molecule has 0 bridgehead atoms. The minimum Gasteiger partial charge on any atom is -0.462 e. The SMILES string of the molecule is CCOC(=O)c1c(C(F)(F)OCC2CC2)oc2ccccc12. The highest BCUT2D eigenvalue weighted by Crippen LogP contribution is 2.40. The monoisotopic (exact) mass is 310 g/mol. The molecule has 1 saturated carbocycles. The number of fused-ring (bicyclic) bond motifs is 1. The van der Waals surface area contributed by atoms with Crippen LogP contribution < -0.4 is 0 Å². The van der Waals surface area contributed by atoms with Gasteiger partial charge in [0.05, 0.1) is 13.2 Å². The molecular formula is C16H16F2O4. The zero-order valence-corrected chi connectivity index (χ0v) is 12.1. The first-order chi connectivity index (χ1) is 10.5. The van der Waals surface area contributed by atoms with Gasteiger partial charge in [-0.25, -0.2) is 4.79 Å². The van der Waals surface area contributed by atoms with Gasteiger partial charge in [-0.05, 0) is 31.7 Å². The largest absolute Gasteiger partial charge is 0.462 e. The maximum absolute atomic E-state index is 14.3. The molecule has 22 heavy (non-hydrogen) atoms. The fraction of sp³-hybridized carbons (Fsp3) is 0.438. The van der Waals surface area contributed by atoms with Gasteiger partial charge in [-0.2, -0.15) is 8.78 Å². The molecule has 0 atom stereocenters. The number of furan rings is 1. The Balaban J connectivity index is 2.02. The van der Waals surface area contributed by atoms with Crippen molar-refractivity contribution in [3.63, 3.8) is 0 Å². The smallest absolute Gasteiger partial charge is 0.416 e. The van der Waals surface area contributed by atoms with E-state index in [0.29, 0.717) is 5.39 Å². The Morgan fingerprint density at radius 1 is 1.36 bits per heavy atom. The number of esters is 1. The predicted molar refractivity (Wildman–Crippen MR) is 74.7 cm³/mol. The lowest BCUT2D eigenvalue weighted by Gasteiger charge is -2.15. The molecule has 1 fully saturated rings. The number of alkyl halides is 2. The summed E-state index contributed by atoms with van der Waals surface area (Å²) in [5.41, 5.74) is -0.0616. The zero-order valence-electron chi connectivity index (χ0n) is 12.1. The highest BCUT2D eigenvalue weighted by atomic mass is 19.3. The van der Waals surface area contributed by atoms with Crippen molar-refractivity contribution in [1.29, 1.82) is 0 Å². The molecular weight excluding hydrogens is 294 g/mol. The van der Waals surface area contributed by atoms with Crippen molar-refractivity contribution < 1.29 is 27.5 Å². The molecule has 3 rings (SSSR count). The molecule has 4 nitrogen and oxygen atoms in total. The summed E-state index contributed by atoms with van der Waals surface area (Å²) in [5.74, 6) is -1.45. The number of para-hydroxylation sites is 1. The number of hydrogen-bond donors (Lipinski definition) is 0. The second-order valence-electron chi connectivity index (χ2n) is 5.29. The summed E-state index contributed by atoms with van der Waals surface area (Å²) >= 11 is 0. The predicted octanol–water partition coefficient (Wildman–Crippen LogP) is 4.09. The van der Waals surface area contributed by atoms with Crippen molar-refractivity contribution >= 4 is 16.9 Å². The lowest BCUT2D eigenvalue weighted by atomic mass is 10.1. The van der Waals surface area contributed by atoms with Gasteiger partial charge in [-0.3, -0.25) is 0 Å². The molecule has 1 heterocycles. The van der Waals surface area contributed by atoms with Crippen LogP contribution in [0.1, 0.15) is 35.9 Å². The van der Waals surface area contributed by atoms with Gasteiger partial charge in [-0.15, -0.1) is 0 Å². The first kappa shape index (κ1) is 15.0. The number of carbonyl (C=O) groups is 1. The molecule has 118 valence electrons. The molecule has 0 N–H and O–H groups in total. The summed E-state index contributed by atoms with van der Waals surface area (Å²) in [4.78, 5) is 12.1. The Morgan fingerprint density at radius 2 is 2.09 bits per heavy atom. The van der Waals surface area contributed by atoms with Crippen LogP contribution in [0.2, 0.25) is 0 Å². The van der Waals surface area contributed by atoms with Crippen molar-refractivity contribution in [2.45, 2.75) is 25.9 Å². The van der Waals surface area contributed by atoms with Crippen LogP contribution in [0.4, 0.5) is 8.78 Å². The van der Waals surface area contributed by atoms with Crippen molar-refractivity contribution in [3.05, 3.63) is 35.6 Å². The van der Waals surface area contributed by atoms with Crippen molar-refractivity contribution in [2.24, 2.45) is 5.92 Å². The van der Waals surface area contributed by atoms with E-state index in [9.17, 15) is 13.6 Å². The van der Waals surface area contributed by atoms with E-state index >= 15 is 0 Å². The maximum atomic E-state index is 14.3. The molecule has 0 aliphatic heterocycles. The van der Waals surface area contributed by atoms with Gasteiger partial charge in [0, 0.05) is 5.39 Å². The van der Waals surface area contributed by atoms with Gasteiger partial charge < -0.3 is 13.9 Å². The van der Waals surface area contributed by atoms with Crippen LogP contribution in [-0.2, 0) is 15.6 Å². The molecule has 0 radical (unpaired) electrons. The van der Waals surface area contributed by atoms with Gasteiger partial charge in [0.25, 0.3) is 0 Å². The van der Waals surface area contributed by atoms with E-state index in [1.807, 2.05) is 0 Å². The Morgan fingerprint density at radius 3 is 2.77 bits per heavy atom. The maximum Gasteiger partial charge on any atom is 0.416 e. The zero-order chi connectivity index (χ0) is 15.7. The minimum atomic E-state index is -3.66. The average Bonchev–Trinajstić information content (AvgIpc) is 3.23. The Bertz CT molecular complexity index is 689. The lowest BCUT2D eigenvalue weighted by Crippen LogP contribution is -2.22. The lowest BCUT2D eigenvalue weighted by molar-refractivity contribution is -0.261. The van der Waals surface area contributed by atoms with E-state index in [4.69, 9.17) is 13.9 Å². The molecule has 0 spiro atoms. The molecule has 1 aromatic carbocycles. The normalized spacial score (nSPS) is 15.2.